The Morgan fingerprint density at radius 1 is 0.540 bits per heavy atom. The van der Waals surface area contributed by atoms with Crippen LogP contribution in [0.25, 0.3) is 0 Å². The number of hydrogen-bond acceptors (Lipinski definition) is 23. The second kappa shape index (κ2) is 49.0. The van der Waals surface area contributed by atoms with Crippen LogP contribution in [0.15, 0.2) is 121 Å². The summed E-state index contributed by atoms with van der Waals surface area (Å²) in [6, 6.07) is 3.50. The van der Waals surface area contributed by atoms with Crippen molar-refractivity contribution in [3.63, 3.8) is 0 Å². The molecule has 25 heteroatoms. The van der Waals surface area contributed by atoms with E-state index in [-0.39, 0.29) is 24.3 Å². The fourth-order valence-corrected chi connectivity index (χ4v) is 9.14. The molecular formula is C75H113N17O7S. The highest BCUT2D eigenvalue weighted by Gasteiger charge is 2.16. The second-order valence-corrected chi connectivity index (χ2v) is 27.2. The van der Waals surface area contributed by atoms with Gasteiger partial charge in [0.05, 0.1) is 101 Å². The van der Waals surface area contributed by atoms with Gasteiger partial charge in [0.2, 0.25) is 11.8 Å². The summed E-state index contributed by atoms with van der Waals surface area (Å²) >= 11 is 1.93. The number of aliphatic hydroxyl groups excluding tert-OH is 2. The van der Waals surface area contributed by atoms with E-state index in [1.165, 1.54) is 60.7 Å². The Bertz CT molecular complexity index is 3620. The van der Waals surface area contributed by atoms with Crippen molar-refractivity contribution in [2.24, 2.45) is 0 Å². The lowest BCUT2D eigenvalue weighted by Gasteiger charge is -2.09. The van der Waals surface area contributed by atoms with E-state index in [0.29, 0.717) is 78.2 Å². The number of methoxy groups -OCH3 is 2. The third-order valence-corrected chi connectivity index (χ3v) is 15.7. The third-order valence-electron chi connectivity index (χ3n) is 14.2. The number of hydrogen-bond donors (Lipinski definition) is 3. The highest BCUT2D eigenvalue weighted by molar-refractivity contribution is 7.11. The van der Waals surface area contributed by atoms with Crippen molar-refractivity contribution in [2.45, 2.75) is 230 Å². The second-order valence-electron chi connectivity index (χ2n) is 26.0. The molecule has 0 aliphatic heterocycles. The number of thiazole rings is 1. The molecule has 0 saturated heterocycles. The number of pyridine rings is 1. The Kier molecular flexibility index (Phi) is 42.8. The number of aliphatic hydroxyl groups is 2. The number of H-pyrrole nitrogens is 1. The average molecular weight is 1400 g/mol. The van der Waals surface area contributed by atoms with E-state index in [2.05, 4.69) is 177 Å². The van der Waals surface area contributed by atoms with Crippen LogP contribution in [0, 0.1) is 13.8 Å². The lowest BCUT2D eigenvalue weighted by molar-refractivity contribution is 0.0519. The predicted molar refractivity (Wildman–Crippen MR) is 398 cm³/mol. The molecule has 0 spiro atoms. The Morgan fingerprint density at radius 3 is 1.58 bits per heavy atom. The maximum absolute atomic E-state index is 11.4. The fourth-order valence-electron chi connectivity index (χ4n) is 7.98. The normalized spacial score (nSPS) is 11.5. The molecule has 0 saturated carbocycles. The van der Waals surface area contributed by atoms with Crippen LogP contribution in [0.2, 0.25) is 0 Å². The first-order valence-electron chi connectivity index (χ1n) is 34.3. The zero-order valence-corrected chi connectivity index (χ0v) is 64.1. The Labute approximate surface area is 597 Å². The molecule has 9 aromatic rings. The van der Waals surface area contributed by atoms with Crippen molar-refractivity contribution in [1.29, 1.82) is 0 Å². The van der Waals surface area contributed by atoms with Gasteiger partial charge in [-0.05, 0) is 86.5 Å². The monoisotopic (exact) mass is 1400 g/mol. The van der Waals surface area contributed by atoms with Gasteiger partial charge in [0.1, 0.15) is 24.7 Å². The number of nitrogens with zero attached hydrogens (tertiary/aromatic N) is 16. The minimum atomic E-state index is -0.878. The maximum atomic E-state index is 11.4. The average Bonchev–Trinajstić information content (AvgIpc) is 1.68. The number of aromatic amines is 1. The van der Waals surface area contributed by atoms with Crippen LogP contribution in [0.4, 0.5) is 0 Å². The summed E-state index contributed by atoms with van der Waals surface area (Å²) in [4.78, 5) is 79.8. The molecule has 0 aromatic carbocycles. The molecule has 1 aliphatic carbocycles. The molecule has 0 bridgehead atoms. The molecule has 10 rings (SSSR count). The summed E-state index contributed by atoms with van der Waals surface area (Å²) in [5, 5.41) is 26.2. The van der Waals surface area contributed by atoms with E-state index in [1.807, 2.05) is 77.5 Å². The van der Waals surface area contributed by atoms with E-state index in [4.69, 9.17) is 24.4 Å². The SMILES string of the molecule is CC(C)c1c[nH]c(=O)cn1.CC(C)c1cnc(OCC(O)CO)cn1.CC(C)c1cnccn1.CC(C)c1cnncn1.CC(C)c1nc2c(s1)CCCC2.COCCn1cc(C(C)C)ccc1=O.COc1nccnc1C(C)C.Cc1cnc(C(C)C)cn1.Cc1cncc(C(C)C)n1. The molecule has 9 aromatic heterocycles. The first-order valence-corrected chi connectivity index (χ1v) is 35.1. The summed E-state index contributed by atoms with van der Waals surface area (Å²) in [6.45, 7) is 42.5. The quantitative estimate of drug-likeness (QED) is 0.0762. The number of nitrogens with one attached hydrogen (secondary N) is 1. The van der Waals surface area contributed by atoms with Gasteiger partial charge < -0.3 is 34.0 Å². The van der Waals surface area contributed by atoms with Crippen molar-refractivity contribution in [3.05, 3.63) is 205 Å². The van der Waals surface area contributed by atoms with Gasteiger partial charge in [-0.15, -0.1) is 16.4 Å². The predicted octanol–water partition coefficient (Wildman–Crippen LogP) is 14.0. The molecule has 3 N–H and O–H groups in total. The number of rotatable bonds is 17. The summed E-state index contributed by atoms with van der Waals surface area (Å²) in [6.07, 6.45) is 31.2. The smallest absolute Gasteiger partial charge is 0.266 e. The molecule has 0 radical (unpaired) electrons. The van der Waals surface area contributed by atoms with Gasteiger partial charge in [-0.2, -0.15) is 5.10 Å². The summed E-state index contributed by atoms with van der Waals surface area (Å²) in [5.41, 5.74) is 11.3. The van der Waals surface area contributed by atoms with Crippen molar-refractivity contribution in [1.82, 2.24) is 84.5 Å². The minimum absolute atomic E-state index is 0.0200. The summed E-state index contributed by atoms with van der Waals surface area (Å²) in [7, 11) is 3.24. The van der Waals surface area contributed by atoms with Gasteiger partial charge in [0.15, 0.2) is 0 Å². The number of aromatic nitrogens is 17. The zero-order valence-electron chi connectivity index (χ0n) is 63.3. The van der Waals surface area contributed by atoms with Crippen molar-refractivity contribution >= 4 is 11.3 Å². The van der Waals surface area contributed by atoms with Gasteiger partial charge in [0, 0.05) is 105 Å². The summed E-state index contributed by atoms with van der Waals surface area (Å²) in [5.74, 6) is 4.99. The molecule has 0 fully saturated rings. The van der Waals surface area contributed by atoms with Crippen LogP contribution >= 0.6 is 11.3 Å². The molecule has 0 amide bonds. The molecular weight excluding hydrogens is 1280 g/mol. The van der Waals surface area contributed by atoms with E-state index in [1.54, 1.807) is 91.7 Å². The highest BCUT2D eigenvalue weighted by Crippen LogP contribution is 2.30. The fraction of sp³-hybridized carbons (Fsp3) is 0.533. The minimum Gasteiger partial charge on any atom is -0.480 e. The standard InChI is InChI=1S/C11H17NO2.C10H16N2O3.C10H15NS.C8H12N2O.2C8H12N2.C7H10N2O.C7H10N2.C6H9N3/c1-9(2)10-4-5-11(13)12(8-10)6-7-14-3;1-7(2)9-3-12-10(4-11-9)15-6-8(14)5-13;1-7(2)10-11-8-5-3-4-6-9(8)12-10;1-6(2)7-8(11-3)10-5-4-9-7;1-6(2)8-5-9-7(3)4-10-8;1-6(2)8-5-9-4-7(3)10-8;1-5(2)6-3-9-7(10)4-8-6;1-6(2)7-5-8-3-4-9-7;1-5(2)6-3-8-9-4-7-6/h4-5,8-9H,6-7H2,1-3H3;3-4,7-8,13-14H,5-6H2,1-2H3;7H,3-6H2,1-2H3;4-6H,1-3H3;2*4-6H,1-3H3;3-5H,1-2H3,(H,9,10);3-6H,1-2H3;3-5H,1-2H3. The first-order chi connectivity index (χ1) is 47.5. The zero-order chi connectivity index (χ0) is 74.7. The lowest BCUT2D eigenvalue weighted by atomic mass is 10.0. The van der Waals surface area contributed by atoms with Crippen LogP contribution in [-0.4, -0.2) is 135 Å². The van der Waals surface area contributed by atoms with E-state index in [9.17, 15) is 9.59 Å². The van der Waals surface area contributed by atoms with Crippen LogP contribution in [0.3, 0.4) is 0 Å². The van der Waals surface area contributed by atoms with Crippen LogP contribution in [0.5, 0.6) is 11.8 Å². The van der Waals surface area contributed by atoms with Crippen molar-refractivity contribution in [2.75, 3.05) is 34.0 Å². The highest BCUT2D eigenvalue weighted by atomic mass is 32.1. The van der Waals surface area contributed by atoms with E-state index < -0.39 is 6.10 Å². The Morgan fingerprint density at radius 2 is 1.13 bits per heavy atom. The molecule has 1 aliphatic rings. The van der Waals surface area contributed by atoms with Gasteiger partial charge in [-0.1, -0.05) is 131 Å². The van der Waals surface area contributed by atoms with Crippen molar-refractivity contribution < 1.29 is 24.4 Å². The molecule has 100 heavy (non-hydrogen) atoms. The number of ether oxygens (including phenoxy) is 3. The molecule has 1 unspecified atom stereocenters. The first kappa shape index (κ1) is 87.4. The molecule has 546 valence electrons. The Balaban J connectivity index is 0.000000384. The maximum Gasteiger partial charge on any atom is 0.266 e. The van der Waals surface area contributed by atoms with Crippen LogP contribution in [-0.2, 0) is 24.1 Å². The van der Waals surface area contributed by atoms with Gasteiger partial charge in [-0.3, -0.25) is 54.4 Å². The lowest BCUT2D eigenvalue weighted by Crippen LogP contribution is -2.21. The number of fused-ring (bicyclic) bond motifs is 1. The van der Waals surface area contributed by atoms with Gasteiger partial charge >= 0.3 is 0 Å². The Hall–Kier alpha value is -8.65. The largest absolute Gasteiger partial charge is 0.480 e. The van der Waals surface area contributed by atoms with E-state index >= 15 is 0 Å². The van der Waals surface area contributed by atoms with Crippen molar-refractivity contribution in [3.8, 4) is 11.8 Å². The van der Waals surface area contributed by atoms with Gasteiger partial charge in [0.25, 0.3) is 11.1 Å². The van der Waals surface area contributed by atoms with Crippen LogP contribution in [0.1, 0.15) is 263 Å². The molecule has 1 atom stereocenters. The summed E-state index contributed by atoms with van der Waals surface area (Å²) < 4.78 is 16.8. The number of aryl methyl sites for hydroxylation is 4. The van der Waals surface area contributed by atoms with E-state index in [0.717, 1.165) is 51.2 Å². The van der Waals surface area contributed by atoms with Gasteiger partial charge in [-0.25, -0.2) is 19.9 Å². The third kappa shape index (κ3) is 35.9. The topological polar surface area (TPSA) is 316 Å². The molecule has 9 heterocycles. The van der Waals surface area contributed by atoms with Crippen LogP contribution < -0.4 is 20.6 Å². The molecule has 24 nitrogen and oxygen atoms in total.